The lowest BCUT2D eigenvalue weighted by molar-refractivity contribution is -0.146. The number of carbonyl (C=O) groups excluding carboxylic acids is 4. The van der Waals surface area contributed by atoms with Crippen molar-refractivity contribution in [2.75, 3.05) is 34.0 Å². The SMILES string of the molecule is CCOC(=O)CN1C(=O)S/C(=C\c2cccc(OC)c2OCC(=O)OC)C1=O. The van der Waals surface area contributed by atoms with Crippen molar-refractivity contribution >= 4 is 40.9 Å². The second-order valence-electron chi connectivity index (χ2n) is 5.32. The van der Waals surface area contributed by atoms with Crippen LogP contribution in [0.3, 0.4) is 0 Å². The summed E-state index contributed by atoms with van der Waals surface area (Å²) in [6.45, 7) is 0.960. The molecule has 1 aromatic carbocycles. The van der Waals surface area contributed by atoms with Crippen molar-refractivity contribution in [1.82, 2.24) is 4.90 Å². The average Bonchev–Trinajstić information content (AvgIpc) is 2.94. The fourth-order valence-electron chi connectivity index (χ4n) is 2.26. The Morgan fingerprint density at radius 3 is 2.57 bits per heavy atom. The fraction of sp³-hybridized carbons (Fsp3) is 0.333. The highest BCUT2D eigenvalue weighted by Gasteiger charge is 2.36. The Bertz CT molecular complexity index is 820. The van der Waals surface area contributed by atoms with Gasteiger partial charge in [0.1, 0.15) is 6.54 Å². The predicted molar refractivity (Wildman–Crippen MR) is 99.8 cm³/mol. The molecule has 10 heteroatoms. The number of methoxy groups -OCH3 is 2. The number of nitrogens with zero attached hydrogens (tertiary/aromatic N) is 1. The van der Waals surface area contributed by atoms with Gasteiger partial charge in [-0.15, -0.1) is 0 Å². The molecule has 28 heavy (non-hydrogen) atoms. The highest BCUT2D eigenvalue weighted by Crippen LogP contribution is 2.37. The van der Waals surface area contributed by atoms with Gasteiger partial charge in [0.15, 0.2) is 18.1 Å². The highest BCUT2D eigenvalue weighted by atomic mass is 32.2. The molecular formula is C18H19NO8S. The molecule has 0 N–H and O–H groups in total. The Morgan fingerprint density at radius 1 is 1.18 bits per heavy atom. The van der Waals surface area contributed by atoms with E-state index in [0.29, 0.717) is 23.1 Å². The number of para-hydroxylation sites is 1. The number of carbonyl (C=O) groups is 4. The molecule has 0 spiro atoms. The van der Waals surface area contributed by atoms with Crippen molar-refractivity contribution in [3.63, 3.8) is 0 Å². The van der Waals surface area contributed by atoms with Crippen molar-refractivity contribution in [3.8, 4) is 11.5 Å². The van der Waals surface area contributed by atoms with Crippen LogP contribution in [-0.4, -0.2) is 62.0 Å². The zero-order chi connectivity index (χ0) is 20.7. The normalized spacial score (nSPS) is 15.0. The van der Waals surface area contributed by atoms with Crippen LogP contribution in [0.2, 0.25) is 0 Å². The van der Waals surface area contributed by atoms with E-state index in [0.717, 1.165) is 4.90 Å². The van der Waals surface area contributed by atoms with Crippen LogP contribution in [0.5, 0.6) is 11.5 Å². The number of imide groups is 1. The van der Waals surface area contributed by atoms with Crippen LogP contribution >= 0.6 is 11.8 Å². The van der Waals surface area contributed by atoms with Crippen LogP contribution in [0, 0.1) is 0 Å². The van der Waals surface area contributed by atoms with Crippen LogP contribution < -0.4 is 9.47 Å². The van der Waals surface area contributed by atoms with Gasteiger partial charge in [-0.05, 0) is 30.8 Å². The molecule has 0 saturated carbocycles. The topological polar surface area (TPSA) is 108 Å². The third kappa shape index (κ3) is 5.03. The molecule has 1 aromatic rings. The van der Waals surface area contributed by atoms with Gasteiger partial charge in [-0.2, -0.15) is 0 Å². The first-order chi connectivity index (χ1) is 13.4. The molecular weight excluding hydrogens is 390 g/mol. The maximum atomic E-state index is 12.5. The summed E-state index contributed by atoms with van der Waals surface area (Å²) in [5, 5.41) is -0.579. The summed E-state index contributed by atoms with van der Waals surface area (Å²) >= 11 is 0.691. The summed E-state index contributed by atoms with van der Waals surface area (Å²) < 4.78 is 20.0. The van der Waals surface area contributed by atoms with Gasteiger partial charge >= 0.3 is 11.9 Å². The molecule has 9 nitrogen and oxygen atoms in total. The standard InChI is InChI=1S/C18H19NO8S/c1-4-26-14(20)9-19-17(22)13(28-18(19)23)8-11-6-5-7-12(24-2)16(11)27-10-15(21)25-3/h5-8H,4,9-10H2,1-3H3/b13-8-. The lowest BCUT2D eigenvalue weighted by Crippen LogP contribution is -2.34. The lowest BCUT2D eigenvalue weighted by Gasteiger charge is -2.13. The second kappa shape index (κ2) is 9.79. The number of esters is 2. The second-order valence-corrected chi connectivity index (χ2v) is 6.31. The van der Waals surface area contributed by atoms with Crippen molar-refractivity contribution in [2.24, 2.45) is 0 Å². The van der Waals surface area contributed by atoms with E-state index < -0.39 is 29.6 Å². The Morgan fingerprint density at radius 2 is 1.93 bits per heavy atom. The Kier molecular flexibility index (Phi) is 7.44. The van der Waals surface area contributed by atoms with E-state index in [1.807, 2.05) is 0 Å². The molecule has 150 valence electrons. The van der Waals surface area contributed by atoms with Gasteiger partial charge in [0.05, 0.1) is 25.7 Å². The van der Waals surface area contributed by atoms with Crippen molar-refractivity contribution < 1.29 is 38.1 Å². The van der Waals surface area contributed by atoms with Crippen LogP contribution in [-0.2, 0) is 23.9 Å². The van der Waals surface area contributed by atoms with E-state index in [-0.39, 0.29) is 23.9 Å². The fourth-order valence-corrected chi connectivity index (χ4v) is 3.09. The molecule has 0 radical (unpaired) electrons. The molecule has 0 unspecified atom stereocenters. The third-order valence-corrected chi connectivity index (χ3v) is 4.45. The van der Waals surface area contributed by atoms with Crippen molar-refractivity contribution in [1.29, 1.82) is 0 Å². The molecule has 2 amide bonds. The molecule has 0 aliphatic carbocycles. The Balaban J connectivity index is 2.29. The third-order valence-electron chi connectivity index (χ3n) is 3.54. The van der Waals surface area contributed by atoms with Crippen LogP contribution in [0.4, 0.5) is 4.79 Å². The summed E-state index contributed by atoms with van der Waals surface area (Å²) in [5.74, 6) is -1.33. The summed E-state index contributed by atoms with van der Waals surface area (Å²) in [6.07, 6.45) is 1.44. The minimum Gasteiger partial charge on any atom is -0.493 e. The maximum Gasteiger partial charge on any atom is 0.343 e. The molecule has 1 saturated heterocycles. The predicted octanol–water partition coefficient (Wildman–Crippen LogP) is 1.85. The number of ether oxygens (including phenoxy) is 4. The number of amides is 2. The van der Waals surface area contributed by atoms with E-state index in [1.165, 1.54) is 20.3 Å². The van der Waals surface area contributed by atoms with Crippen LogP contribution in [0.15, 0.2) is 23.1 Å². The molecule has 1 aliphatic rings. The first-order valence-corrected chi connectivity index (χ1v) is 9.00. The number of hydrogen-bond acceptors (Lipinski definition) is 9. The van der Waals surface area contributed by atoms with E-state index in [4.69, 9.17) is 14.2 Å². The van der Waals surface area contributed by atoms with Crippen molar-refractivity contribution in [2.45, 2.75) is 6.92 Å². The van der Waals surface area contributed by atoms with Gasteiger partial charge in [-0.1, -0.05) is 12.1 Å². The van der Waals surface area contributed by atoms with Crippen LogP contribution in [0.1, 0.15) is 12.5 Å². The van der Waals surface area contributed by atoms with Gasteiger partial charge in [0, 0.05) is 5.56 Å². The average molecular weight is 409 g/mol. The summed E-state index contributed by atoms with van der Waals surface area (Å²) in [7, 11) is 2.66. The number of thioether (sulfide) groups is 1. The van der Waals surface area contributed by atoms with Gasteiger partial charge < -0.3 is 18.9 Å². The smallest absolute Gasteiger partial charge is 0.343 e. The maximum absolute atomic E-state index is 12.5. The van der Waals surface area contributed by atoms with E-state index >= 15 is 0 Å². The molecule has 1 aliphatic heterocycles. The van der Waals surface area contributed by atoms with Gasteiger partial charge in [-0.25, -0.2) is 4.79 Å². The zero-order valence-electron chi connectivity index (χ0n) is 15.6. The molecule has 0 atom stereocenters. The monoisotopic (exact) mass is 409 g/mol. The molecule has 2 rings (SSSR count). The lowest BCUT2D eigenvalue weighted by atomic mass is 10.1. The largest absolute Gasteiger partial charge is 0.493 e. The Hall–Kier alpha value is -3.01. The molecule has 0 aromatic heterocycles. The zero-order valence-corrected chi connectivity index (χ0v) is 16.4. The summed E-state index contributed by atoms with van der Waals surface area (Å²) in [4.78, 5) is 48.5. The molecule has 0 bridgehead atoms. The first-order valence-electron chi connectivity index (χ1n) is 8.18. The summed E-state index contributed by atoms with van der Waals surface area (Å²) in [5.41, 5.74) is 0.421. The minimum absolute atomic E-state index is 0.102. The van der Waals surface area contributed by atoms with Crippen LogP contribution in [0.25, 0.3) is 6.08 Å². The molecule has 1 fully saturated rings. The number of benzene rings is 1. The van der Waals surface area contributed by atoms with Gasteiger partial charge in [0.2, 0.25) is 0 Å². The number of rotatable bonds is 8. The number of hydrogen-bond donors (Lipinski definition) is 0. The van der Waals surface area contributed by atoms with Gasteiger partial charge in [0.25, 0.3) is 11.1 Å². The summed E-state index contributed by atoms with van der Waals surface area (Å²) in [6, 6.07) is 4.92. The van der Waals surface area contributed by atoms with E-state index in [2.05, 4.69) is 4.74 Å². The highest BCUT2D eigenvalue weighted by molar-refractivity contribution is 8.18. The Labute approximate surface area is 165 Å². The molecule has 1 heterocycles. The van der Waals surface area contributed by atoms with E-state index in [9.17, 15) is 19.2 Å². The van der Waals surface area contributed by atoms with Crippen molar-refractivity contribution in [3.05, 3.63) is 28.7 Å². The minimum atomic E-state index is -0.672. The quantitative estimate of drug-likeness (QED) is 0.469. The van der Waals surface area contributed by atoms with E-state index in [1.54, 1.807) is 25.1 Å². The first kappa shape index (κ1) is 21.3. The van der Waals surface area contributed by atoms with Gasteiger partial charge in [-0.3, -0.25) is 19.3 Å².